The molecule has 0 saturated heterocycles. The minimum Gasteiger partial charge on any atom is -0.497 e. The summed E-state index contributed by atoms with van der Waals surface area (Å²) in [5.41, 5.74) is 0. The summed E-state index contributed by atoms with van der Waals surface area (Å²) in [5, 5.41) is 2.78. The van der Waals surface area contributed by atoms with Gasteiger partial charge in [0, 0.05) is 18.0 Å². The number of benzene rings is 1. The van der Waals surface area contributed by atoms with Crippen molar-refractivity contribution in [2.75, 3.05) is 20.2 Å². The number of hydrogen-bond donors (Lipinski definition) is 1. The first kappa shape index (κ1) is 22.2. The molecule has 7 nitrogen and oxygen atoms in total. The van der Waals surface area contributed by atoms with Crippen LogP contribution < -0.4 is 14.8 Å². The number of carbonyl (C=O) groups is 1. The van der Waals surface area contributed by atoms with Gasteiger partial charge in [0.15, 0.2) is 6.10 Å². The quantitative estimate of drug-likeness (QED) is 0.631. The molecular weight excluding hydrogens is 400 g/mol. The van der Waals surface area contributed by atoms with Gasteiger partial charge in [0.05, 0.1) is 13.7 Å². The van der Waals surface area contributed by atoms with Crippen LogP contribution in [0.3, 0.4) is 0 Å². The van der Waals surface area contributed by atoms with Gasteiger partial charge in [-0.1, -0.05) is 13.8 Å². The molecule has 2 rings (SSSR count). The lowest BCUT2D eigenvalue weighted by atomic mass is 10.3. The number of amides is 1. The molecule has 1 aromatic carbocycles. The summed E-state index contributed by atoms with van der Waals surface area (Å²) in [6.45, 7) is 6.35. The summed E-state index contributed by atoms with van der Waals surface area (Å²) in [4.78, 5) is 13.0. The van der Waals surface area contributed by atoms with Gasteiger partial charge in [0.25, 0.3) is 15.9 Å². The van der Waals surface area contributed by atoms with Crippen molar-refractivity contribution in [3.63, 3.8) is 0 Å². The molecule has 0 spiro atoms. The fraction of sp³-hybridized carbons (Fsp3) is 0.421. The minimum absolute atomic E-state index is 0.244. The SMILES string of the molecule is CCN(CC)S(=O)(=O)c1ccc(CNC(=O)C(C)Oc2ccc(OC)cc2)s1. The van der Waals surface area contributed by atoms with Crippen molar-refractivity contribution in [1.82, 2.24) is 9.62 Å². The van der Waals surface area contributed by atoms with E-state index in [9.17, 15) is 13.2 Å². The maximum Gasteiger partial charge on any atom is 0.261 e. The second-order valence-electron chi connectivity index (χ2n) is 5.96. The Morgan fingerprint density at radius 3 is 2.29 bits per heavy atom. The van der Waals surface area contributed by atoms with Gasteiger partial charge in [0.2, 0.25) is 0 Å². The number of carbonyl (C=O) groups excluding carboxylic acids is 1. The van der Waals surface area contributed by atoms with E-state index in [4.69, 9.17) is 9.47 Å². The zero-order chi connectivity index (χ0) is 20.7. The van der Waals surface area contributed by atoms with E-state index in [-0.39, 0.29) is 16.7 Å². The first-order chi connectivity index (χ1) is 13.3. The molecule has 9 heteroatoms. The van der Waals surface area contributed by atoms with Crippen LogP contribution in [0.5, 0.6) is 11.5 Å². The molecule has 0 aliphatic carbocycles. The third kappa shape index (κ3) is 5.46. The number of ether oxygens (including phenoxy) is 2. The standard InChI is InChI=1S/C19H26N2O5S2/c1-5-21(6-2)28(23,24)18-12-11-17(27-18)13-20-19(22)14(3)26-16-9-7-15(25-4)8-10-16/h7-12,14H,5-6,13H2,1-4H3,(H,20,22). The summed E-state index contributed by atoms with van der Waals surface area (Å²) in [7, 11) is -1.90. The van der Waals surface area contributed by atoms with Gasteiger partial charge in [-0.05, 0) is 43.3 Å². The van der Waals surface area contributed by atoms with E-state index in [0.29, 0.717) is 24.6 Å². The first-order valence-electron chi connectivity index (χ1n) is 8.99. The van der Waals surface area contributed by atoms with Crippen LogP contribution in [0.15, 0.2) is 40.6 Å². The van der Waals surface area contributed by atoms with Crippen LogP contribution >= 0.6 is 11.3 Å². The zero-order valence-electron chi connectivity index (χ0n) is 16.5. The second-order valence-corrected chi connectivity index (χ2v) is 9.30. The minimum atomic E-state index is -3.48. The molecule has 0 radical (unpaired) electrons. The van der Waals surface area contributed by atoms with E-state index < -0.39 is 16.1 Å². The molecule has 0 saturated carbocycles. The van der Waals surface area contributed by atoms with E-state index in [1.807, 2.05) is 0 Å². The third-order valence-electron chi connectivity index (χ3n) is 4.11. The van der Waals surface area contributed by atoms with Gasteiger partial charge in [-0.3, -0.25) is 4.79 Å². The molecule has 28 heavy (non-hydrogen) atoms. The number of nitrogens with zero attached hydrogens (tertiary/aromatic N) is 1. The molecule has 1 heterocycles. The van der Waals surface area contributed by atoms with Crippen LogP contribution in [-0.2, 0) is 21.4 Å². The maximum absolute atomic E-state index is 12.5. The number of nitrogens with one attached hydrogen (secondary N) is 1. The lowest BCUT2D eigenvalue weighted by Crippen LogP contribution is -2.35. The van der Waals surface area contributed by atoms with Crippen molar-refractivity contribution in [2.24, 2.45) is 0 Å². The van der Waals surface area contributed by atoms with Crippen molar-refractivity contribution in [3.05, 3.63) is 41.3 Å². The summed E-state index contributed by atoms with van der Waals surface area (Å²) in [6, 6.07) is 10.3. The van der Waals surface area contributed by atoms with Gasteiger partial charge in [-0.2, -0.15) is 4.31 Å². The van der Waals surface area contributed by atoms with Crippen LogP contribution in [0.1, 0.15) is 25.6 Å². The predicted octanol–water partition coefficient (Wildman–Crippen LogP) is 2.87. The van der Waals surface area contributed by atoms with Gasteiger partial charge >= 0.3 is 0 Å². The molecule has 154 valence electrons. The van der Waals surface area contributed by atoms with Crippen molar-refractivity contribution in [2.45, 2.75) is 37.6 Å². The van der Waals surface area contributed by atoms with Gasteiger partial charge in [0.1, 0.15) is 15.7 Å². The third-order valence-corrected chi connectivity index (χ3v) is 7.72. The Labute approximate surface area is 170 Å². The fourth-order valence-corrected chi connectivity index (χ4v) is 5.42. The Morgan fingerprint density at radius 2 is 1.71 bits per heavy atom. The predicted molar refractivity (Wildman–Crippen MR) is 109 cm³/mol. The number of sulfonamides is 1. The van der Waals surface area contributed by atoms with Crippen molar-refractivity contribution >= 4 is 27.3 Å². The topological polar surface area (TPSA) is 84.9 Å². The Morgan fingerprint density at radius 1 is 1.11 bits per heavy atom. The van der Waals surface area contributed by atoms with E-state index in [1.54, 1.807) is 64.3 Å². The van der Waals surface area contributed by atoms with E-state index in [2.05, 4.69) is 5.32 Å². The number of methoxy groups -OCH3 is 1. The van der Waals surface area contributed by atoms with Crippen LogP contribution in [-0.4, -0.2) is 44.9 Å². The highest BCUT2D eigenvalue weighted by Gasteiger charge is 2.23. The molecule has 2 aromatic rings. The molecule has 0 aliphatic heterocycles. The molecule has 1 N–H and O–H groups in total. The van der Waals surface area contributed by atoms with E-state index in [1.165, 1.54) is 4.31 Å². The van der Waals surface area contributed by atoms with E-state index in [0.717, 1.165) is 16.2 Å². The van der Waals surface area contributed by atoms with Gasteiger partial charge < -0.3 is 14.8 Å². The summed E-state index contributed by atoms with van der Waals surface area (Å²) < 4.78 is 37.4. The zero-order valence-corrected chi connectivity index (χ0v) is 18.1. The van der Waals surface area contributed by atoms with E-state index >= 15 is 0 Å². The number of thiophene rings is 1. The summed E-state index contributed by atoms with van der Waals surface area (Å²) in [5.74, 6) is 0.988. The first-order valence-corrected chi connectivity index (χ1v) is 11.2. The van der Waals surface area contributed by atoms with Crippen molar-refractivity contribution in [1.29, 1.82) is 0 Å². The summed E-state index contributed by atoms with van der Waals surface area (Å²) in [6.07, 6.45) is -0.688. The van der Waals surface area contributed by atoms with Crippen LogP contribution in [0.25, 0.3) is 0 Å². The average molecular weight is 427 g/mol. The highest BCUT2D eigenvalue weighted by molar-refractivity contribution is 7.91. The molecule has 1 unspecified atom stereocenters. The van der Waals surface area contributed by atoms with Crippen LogP contribution in [0.4, 0.5) is 0 Å². The Balaban J connectivity index is 1.92. The molecular formula is C19H26N2O5S2. The molecule has 0 aliphatic rings. The highest BCUT2D eigenvalue weighted by Crippen LogP contribution is 2.25. The molecule has 1 aromatic heterocycles. The fourth-order valence-electron chi connectivity index (χ4n) is 2.51. The molecule has 1 atom stereocenters. The number of hydrogen-bond acceptors (Lipinski definition) is 6. The molecule has 0 fully saturated rings. The maximum atomic E-state index is 12.5. The van der Waals surface area contributed by atoms with Gasteiger partial charge in [-0.25, -0.2) is 8.42 Å². The lowest BCUT2D eigenvalue weighted by molar-refractivity contribution is -0.127. The largest absolute Gasteiger partial charge is 0.497 e. The van der Waals surface area contributed by atoms with Crippen LogP contribution in [0, 0.1) is 0 Å². The lowest BCUT2D eigenvalue weighted by Gasteiger charge is -2.16. The highest BCUT2D eigenvalue weighted by atomic mass is 32.2. The number of rotatable bonds is 10. The van der Waals surface area contributed by atoms with Crippen molar-refractivity contribution < 1.29 is 22.7 Å². The van der Waals surface area contributed by atoms with Crippen molar-refractivity contribution in [3.8, 4) is 11.5 Å². The molecule has 0 bridgehead atoms. The smallest absolute Gasteiger partial charge is 0.261 e. The second kappa shape index (κ2) is 9.90. The monoisotopic (exact) mass is 426 g/mol. The Kier molecular flexibility index (Phi) is 7.85. The summed E-state index contributed by atoms with van der Waals surface area (Å²) >= 11 is 1.16. The Hall–Kier alpha value is -2.10. The molecule has 1 amide bonds. The van der Waals surface area contributed by atoms with Crippen LogP contribution in [0.2, 0.25) is 0 Å². The Bertz CT molecular complexity index is 874. The van der Waals surface area contributed by atoms with Gasteiger partial charge in [-0.15, -0.1) is 11.3 Å². The normalized spacial score (nSPS) is 12.6. The average Bonchev–Trinajstić information content (AvgIpc) is 3.17.